The van der Waals surface area contributed by atoms with E-state index in [0.29, 0.717) is 16.7 Å². The molecule has 4 heteroatoms. The lowest BCUT2D eigenvalue weighted by Gasteiger charge is -2.16. The number of hydrogen-bond acceptors (Lipinski definition) is 2. The van der Waals surface area contributed by atoms with Crippen LogP contribution in [0.15, 0.2) is 42.5 Å². The van der Waals surface area contributed by atoms with Crippen LogP contribution < -0.4 is 10.1 Å². The third-order valence-electron chi connectivity index (χ3n) is 3.38. The molecule has 2 rings (SSSR count). The van der Waals surface area contributed by atoms with Gasteiger partial charge in [-0.1, -0.05) is 43.6 Å². The van der Waals surface area contributed by atoms with Crippen LogP contribution >= 0.6 is 11.6 Å². The fourth-order valence-corrected chi connectivity index (χ4v) is 2.32. The first kappa shape index (κ1) is 16.4. The number of ether oxygens (including phenoxy) is 1. The van der Waals surface area contributed by atoms with E-state index in [1.54, 1.807) is 24.3 Å². The van der Waals surface area contributed by atoms with E-state index >= 15 is 0 Å². The molecule has 0 saturated carbocycles. The minimum absolute atomic E-state index is 0.0342. The van der Waals surface area contributed by atoms with Crippen LogP contribution in [0.2, 0.25) is 5.02 Å². The Morgan fingerprint density at radius 2 is 1.86 bits per heavy atom. The van der Waals surface area contributed by atoms with Crippen molar-refractivity contribution in [2.75, 3.05) is 11.9 Å². The van der Waals surface area contributed by atoms with Gasteiger partial charge in [-0.05, 0) is 48.2 Å². The predicted molar refractivity (Wildman–Crippen MR) is 90.8 cm³/mol. The van der Waals surface area contributed by atoms with E-state index in [9.17, 15) is 4.79 Å². The lowest BCUT2D eigenvalue weighted by molar-refractivity contribution is -0.118. The number of anilines is 1. The zero-order valence-electron chi connectivity index (χ0n) is 13.0. The average Bonchev–Trinajstić information content (AvgIpc) is 2.48. The van der Waals surface area contributed by atoms with E-state index in [-0.39, 0.29) is 12.5 Å². The second-order valence-electron chi connectivity index (χ2n) is 5.48. The minimum atomic E-state index is -0.175. The Bertz CT molecular complexity index is 651. The predicted octanol–water partition coefficient (Wildman–Crippen LogP) is 4.79. The van der Waals surface area contributed by atoms with Gasteiger partial charge in [0, 0.05) is 10.7 Å². The van der Waals surface area contributed by atoms with Crippen LogP contribution in [0.1, 0.15) is 30.9 Å². The van der Waals surface area contributed by atoms with Gasteiger partial charge >= 0.3 is 0 Å². The van der Waals surface area contributed by atoms with Gasteiger partial charge < -0.3 is 10.1 Å². The average molecular weight is 318 g/mol. The fourth-order valence-electron chi connectivity index (χ4n) is 2.20. The lowest BCUT2D eigenvalue weighted by atomic mass is 9.98. The Morgan fingerprint density at radius 1 is 1.18 bits per heavy atom. The van der Waals surface area contributed by atoms with Crippen molar-refractivity contribution in [1.29, 1.82) is 0 Å². The summed E-state index contributed by atoms with van der Waals surface area (Å²) in [6, 6.07) is 13.0. The first-order valence-electron chi connectivity index (χ1n) is 7.25. The summed E-state index contributed by atoms with van der Waals surface area (Å²) in [4.78, 5) is 12.1. The van der Waals surface area contributed by atoms with Crippen molar-refractivity contribution in [3.05, 3.63) is 58.6 Å². The van der Waals surface area contributed by atoms with Crippen LogP contribution in [0.4, 0.5) is 5.69 Å². The van der Waals surface area contributed by atoms with Gasteiger partial charge in [-0.15, -0.1) is 0 Å². The Morgan fingerprint density at radius 3 is 2.50 bits per heavy atom. The highest BCUT2D eigenvalue weighted by Gasteiger charge is 2.12. The number of rotatable bonds is 5. The summed E-state index contributed by atoms with van der Waals surface area (Å²) in [7, 11) is 0. The molecule has 0 radical (unpaired) electrons. The molecule has 22 heavy (non-hydrogen) atoms. The van der Waals surface area contributed by atoms with Gasteiger partial charge in [-0.3, -0.25) is 4.79 Å². The van der Waals surface area contributed by atoms with Gasteiger partial charge in [-0.2, -0.15) is 0 Å². The smallest absolute Gasteiger partial charge is 0.262 e. The lowest BCUT2D eigenvalue weighted by Crippen LogP contribution is -2.21. The minimum Gasteiger partial charge on any atom is -0.484 e. The summed E-state index contributed by atoms with van der Waals surface area (Å²) in [5, 5.41) is 3.59. The second-order valence-corrected chi connectivity index (χ2v) is 5.92. The highest BCUT2D eigenvalue weighted by atomic mass is 35.5. The molecule has 0 aliphatic rings. The third kappa shape index (κ3) is 4.25. The third-order valence-corrected chi connectivity index (χ3v) is 3.63. The van der Waals surface area contributed by atoms with E-state index in [1.165, 1.54) is 0 Å². The highest BCUT2D eigenvalue weighted by Crippen LogP contribution is 2.27. The largest absolute Gasteiger partial charge is 0.484 e. The van der Waals surface area contributed by atoms with Gasteiger partial charge in [-0.25, -0.2) is 0 Å². The molecule has 0 atom stereocenters. The fraction of sp³-hybridized carbons (Fsp3) is 0.278. The number of halogens is 1. The first-order chi connectivity index (χ1) is 10.5. The normalized spacial score (nSPS) is 10.6. The zero-order chi connectivity index (χ0) is 16.1. The van der Waals surface area contributed by atoms with Gasteiger partial charge in [0.25, 0.3) is 5.91 Å². The van der Waals surface area contributed by atoms with Gasteiger partial charge in [0.2, 0.25) is 0 Å². The molecular weight excluding hydrogens is 298 g/mol. The number of amides is 1. The van der Waals surface area contributed by atoms with E-state index < -0.39 is 0 Å². The molecule has 0 heterocycles. The van der Waals surface area contributed by atoms with Crippen molar-refractivity contribution in [3.63, 3.8) is 0 Å². The van der Waals surface area contributed by atoms with Gasteiger partial charge in [0.1, 0.15) is 5.75 Å². The Labute approximate surface area is 136 Å². The quantitative estimate of drug-likeness (QED) is 0.861. The first-order valence-corrected chi connectivity index (χ1v) is 7.63. The number of para-hydroxylation sites is 1. The van der Waals surface area contributed by atoms with Gasteiger partial charge in [0.15, 0.2) is 6.61 Å². The van der Waals surface area contributed by atoms with Crippen LogP contribution in [0.3, 0.4) is 0 Å². The molecule has 2 aromatic carbocycles. The summed E-state index contributed by atoms with van der Waals surface area (Å²) < 4.78 is 5.46. The number of carbonyl (C=O) groups is 1. The Balaban J connectivity index is 2.02. The van der Waals surface area contributed by atoms with Crippen LogP contribution in [0.5, 0.6) is 5.75 Å². The molecule has 0 aromatic heterocycles. The van der Waals surface area contributed by atoms with Crippen molar-refractivity contribution in [1.82, 2.24) is 0 Å². The van der Waals surface area contributed by atoms with Crippen molar-refractivity contribution < 1.29 is 9.53 Å². The number of nitrogens with one attached hydrogen (secondary N) is 1. The van der Waals surface area contributed by atoms with Crippen molar-refractivity contribution >= 4 is 23.2 Å². The van der Waals surface area contributed by atoms with E-state index in [4.69, 9.17) is 16.3 Å². The number of carbonyl (C=O) groups excluding carboxylic acids is 1. The molecule has 0 fully saturated rings. The van der Waals surface area contributed by atoms with E-state index in [0.717, 1.165) is 16.8 Å². The molecule has 1 amide bonds. The van der Waals surface area contributed by atoms with Crippen molar-refractivity contribution in [2.24, 2.45) is 0 Å². The van der Waals surface area contributed by atoms with E-state index in [2.05, 4.69) is 19.2 Å². The Kier molecular flexibility index (Phi) is 5.45. The standard InChI is InChI=1S/C18H20ClNO2/c1-12(2)16-6-4-5-13(3)18(16)20-17(21)11-22-15-9-7-14(19)8-10-15/h4-10,12H,11H2,1-3H3,(H,20,21). The number of benzene rings is 2. The second kappa shape index (κ2) is 7.32. The molecule has 0 aliphatic heterocycles. The number of aryl methyl sites for hydroxylation is 1. The maximum atomic E-state index is 12.1. The Hall–Kier alpha value is -2.00. The molecule has 0 unspecified atom stereocenters. The molecule has 0 bridgehead atoms. The summed E-state index contributed by atoms with van der Waals surface area (Å²) in [5.74, 6) is 0.784. The van der Waals surface area contributed by atoms with Crippen molar-refractivity contribution in [3.8, 4) is 5.75 Å². The topological polar surface area (TPSA) is 38.3 Å². The monoisotopic (exact) mass is 317 g/mol. The summed E-state index contributed by atoms with van der Waals surface area (Å²) in [6.45, 7) is 6.17. The summed E-state index contributed by atoms with van der Waals surface area (Å²) >= 11 is 5.81. The molecule has 1 N–H and O–H groups in total. The molecule has 2 aromatic rings. The van der Waals surface area contributed by atoms with Crippen molar-refractivity contribution in [2.45, 2.75) is 26.7 Å². The van der Waals surface area contributed by atoms with Crippen LogP contribution in [0, 0.1) is 6.92 Å². The molecular formula is C18H20ClNO2. The highest BCUT2D eigenvalue weighted by molar-refractivity contribution is 6.30. The van der Waals surface area contributed by atoms with Crippen LogP contribution in [0.25, 0.3) is 0 Å². The maximum Gasteiger partial charge on any atom is 0.262 e. The summed E-state index contributed by atoms with van der Waals surface area (Å²) in [6.07, 6.45) is 0. The van der Waals surface area contributed by atoms with Gasteiger partial charge in [0.05, 0.1) is 0 Å². The summed E-state index contributed by atoms with van der Waals surface area (Å²) in [5.41, 5.74) is 3.05. The molecule has 0 spiro atoms. The van der Waals surface area contributed by atoms with Crippen LogP contribution in [-0.4, -0.2) is 12.5 Å². The SMILES string of the molecule is Cc1cccc(C(C)C)c1NC(=O)COc1ccc(Cl)cc1. The van der Waals surface area contributed by atoms with Crippen LogP contribution in [-0.2, 0) is 4.79 Å². The zero-order valence-corrected chi connectivity index (χ0v) is 13.8. The van der Waals surface area contributed by atoms with E-state index in [1.807, 2.05) is 25.1 Å². The molecule has 116 valence electrons. The molecule has 3 nitrogen and oxygen atoms in total. The molecule has 0 aliphatic carbocycles. The number of hydrogen-bond donors (Lipinski definition) is 1. The maximum absolute atomic E-state index is 12.1. The molecule has 0 saturated heterocycles.